The molecule has 2 bridgehead atoms. The molecule has 0 aliphatic carbocycles. The molecule has 6 nitrogen and oxygen atoms in total. The van der Waals surface area contributed by atoms with Gasteiger partial charge in [0.25, 0.3) is 0 Å². The lowest BCUT2D eigenvalue weighted by atomic mass is 9.91. The van der Waals surface area contributed by atoms with Gasteiger partial charge in [0.15, 0.2) is 0 Å². The molecule has 2 unspecified atom stereocenters. The van der Waals surface area contributed by atoms with E-state index in [1.165, 1.54) is 5.69 Å². The van der Waals surface area contributed by atoms with Crippen molar-refractivity contribution in [2.24, 2.45) is 5.92 Å². The van der Waals surface area contributed by atoms with Crippen molar-refractivity contribution in [3.8, 4) is 5.75 Å². The molecule has 184 valence electrons. The van der Waals surface area contributed by atoms with E-state index in [2.05, 4.69) is 54.8 Å². The van der Waals surface area contributed by atoms with Crippen molar-refractivity contribution in [1.82, 2.24) is 9.80 Å². The molecule has 1 amide bonds. The number of anilines is 1. The number of piperidine rings is 1. The summed E-state index contributed by atoms with van der Waals surface area (Å²) in [6.45, 7) is 17.7. The van der Waals surface area contributed by atoms with Gasteiger partial charge in [-0.3, -0.25) is 4.90 Å². The van der Waals surface area contributed by atoms with E-state index in [1.807, 2.05) is 25.7 Å². The van der Waals surface area contributed by atoms with Crippen LogP contribution in [0.4, 0.5) is 10.5 Å². The standard InChI is InChI=1S/C27H43N3O3/c1-26(2,3)29-15-13-28(14-16-29)21-9-11-24(12-10-21)32-19-20-17-22-7-8-23(18-20)30(22)25(31)33-27(4,5)6/h9-12,20,22-23H,7-8,13-19H2,1-6H3. The predicted molar refractivity (Wildman–Crippen MR) is 133 cm³/mol. The Labute approximate surface area is 200 Å². The highest BCUT2D eigenvalue weighted by atomic mass is 16.6. The Morgan fingerprint density at radius 2 is 1.48 bits per heavy atom. The van der Waals surface area contributed by atoms with E-state index < -0.39 is 5.60 Å². The van der Waals surface area contributed by atoms with Gasteiger partial charge in [-0.15, -0.1) is 0 Å². The average molecular weight is 458 g/mol. The lowest BCUT2D eigenvalue weighted by Gasteiger charge is -2.43. The Morgan fingerprint density at radius 3 is 2.00 bits per heavy atom. The largest absolute Gasteiger partial charge is 0.493 e. The molecular weight excluding hydrogens is 414 g/mol. The highest BCUT2D eigenvalue weighted by molar-refractivity contribution is 5.69. The normalized spacial score (nSPS) is 26.4. The maximum absolute atomic E-state index is 12.7. The summed E-state index contributed by atoms with van der Waals surface area (Å²) in [5.74, 6) is 1.43. The second kappa shape index (κ2) is 9.36. The number of nitrogens with zero attached hydrogens (tertiary/aromatic N) is 3. The summed E-state index contributed by atoms with van der Waals surface area (Å²) in [6.07, 6.45) is 4.03. The minimum atomic E-state index is -0.442. The minimum absolute atomic E-state index is 0.145. The van der Waals surface area contributed by atoms with Crippen LogP contribution in [0.2, 0.25) is 0 Å². The number of hydrogen-bond acceptors (Lipinski definition) is 5. The molecule has 1 aromatic rings. The van der Waals surface area contributed by atoms with Crippen molar-refractivity contribution < 1.29 is 14.3 Å². The Morgan fingerprint density at radius 1 is 0.909 bits per heavy atom. The second-order valence-electron chi connectivity index (χ2n) is 12.1. The van der Waals surface area contributed by atoms with Crippen LogP contribution in [0.5, 0.6) is 5.75 Å². The first kappa shape index (κ1) is 24.2. The molecule has 3 aliphatic heterocycles. The summed E-state index contributed by atoms with van der Waals surface area (Å²) in [5.41, 5.74) is 1.08. The van der Waals surface area contributed by atoms with Crippen LogP contribution in [-0.4, -0.2) is 71.9 Å². The number of fused-ring (bicyclic) bond motifs is 2. The first-order chi connectivity index (χ1) is 15.5. The van der Waals surface area contributed by atoms with E-state index in [0.29, 0.717) is 18.0 Å². The Hall–Kier alpha value is -1.95. The highest BCUT2D eigenvalue weighted by Crippen LogP contribution is 2.39. The van der Waals surface area contributed by atoms with E-state index >= 15 is 0 Å². The zero-order valence-electron chi connectivity index (χ0n) is 21.5. The van der Waals surface area contributed by atoms with Gasteiger partial charge in [0.2, 0.25) is 0 Å². The number of amides is 1. The van der Waals surface area contributed by atoms with Gasteiger partial charge in [-0.25, -0.2) is 4.79 Å². The van der Waals surface area contributed by atoms with Crippen molar-refractivity contribution in [3.05, 3.63) is 24.3 Å². The summed E-state index contributed by atoms with van der Waals surface area (Å²) < 4.78 is 11.8. The summed E-state index contributed by atoms with van der Waals surface area (Å²) in [4.78, 5) is 19.7. The molecule has 3 aliphatic rings. The first-order valence-electron chi connectivity index (χ1n) is 12.7. The zero-order chi connectivity index (χ0) is 23.8. The van der Waals surface area contributed by atoms with Gasteiger partial charge in [-0.1, -0.05) is 0 Å². The Bertz CT molecular complexity index is 789. The van der Waals surface area contributed by atoms with Crippen LogP contribution in [0.1, 0.15) is 67.2 Å². The molecule has 2 atom stereocenters. The van der Waals surface area contributed by atoms with Crippen molar-refractivity contribution >= 4 is 11.8 Å². The third-order valence-electron chi connectivity index (χ3n) is 7.35. The molecule has 4 rings (SSSR count). The smallest absolute Gasteiger partial charge is 0.410 e. The number of piperazine rings is 1. The fourth-order valence-corrected chi connectivity index (χ4v) is 5.64. The highest BCUT2D eigenvalue weighted by Gasteiger charge is 2.44. The van der Waals surface area contributed by atoms with Gasteiger partial charge < -0.3 is 19.3 Å². The van der Waals surface area contributed by atoms with Gasteiger partial charge in [-0.05, 0) is 97.4 Å². The molecule has 0 spiro atoms. The molecule has 3 fully saturated rings. The lowest BCUT2D eigenvalue weighted by Crippen LogP contribution is -2.53. The Balaban J connectivity index is 1.25. The van der Waals surface area contributed by atoms with E-state index in [9.17, 15) is 4.79 Å². The van der Waals surface area contributed by atoms with E-state index in [4.69, 9.17) is 9.47 Å². The van der Waals surface area contributed by atoms with Crippen LogP contribution in [0.3, 0.4) is 0 Å². The van der Waals surface area contributed by atoms with E-state index in [-0.39, 0.29) is 11.6 Å². The van der Waals surface area contributed by atoms with E-state index in [0.717, 1.165) is 64.2 Å². The third-order valence-corrected chi connectivity index (χ3v) is 7.35. The van der Waals surface area contributed by atoms with Crippen LogP contribution in [0.15, 0.2) is 24.3 Å². The van der Waals surface area contributed by atoms with Crippen LogP contribution in [0.25, 0.3) is 0 Å². The molecule has 0 aromatic heterocycles. The third kappa shape index (κ3) is 5.95. The first-order valence-corrected chi connectivity index (χ1v) is 12.7. The molecular formula is C27H43N3O3. The monoisotopic (exact) mass is 457 g/mol. The number of benzene rings is 1. The number of ether oxygens (including phenoxy) is 2. The van der Waals surface area contributed by atoms with E-state index in [1.54, 1.807) is 0 Å². The fraction of sp³-hybridized carbons (Fsp3) is 0.741. The summed E-state index contributed by atoms with van der Waals surface area (Å²) in [5, 5.41) is 0. The molecule has 33 heavy (non-hydrogen) atoms. The van der Waals surface area contributed by atoms with Crippen molar-refractivity contribution in [2.75, 3.05) is 37.7 Å². The topological polar surface area (TPSA) is 45.2 Å². The fourth-order valence-electron chi connectivity index (χ4n) is 5.64. The number of carbonyl (C=O) groups is 1. The molecule has 3 heterocycles. The van der Waals surface area contributed by atoms with Gasteiger partial charge in [0.1, 0.15) is 11.4 Å². The van der Waals surface area contributed by atoms with Gasteiger partial charge in [-0.2, -0.15) is 0 Å². The summed E-state index contributed by atoms with van der Waals surface area (Å²) in [7, 11) is 0. The number of carbonyl (C=O) groups excluding carboxylic acids is 1. The van der Waals surface area contributed by atoms with Gasteiger partial charge >= 0.3 is 6.09 Å². The maximum Gasteiger partial charge on any atom is 0.410 e. The van der Waals surface area contributed by atoms with Crippen molar-refractivity contribution in [3.63, 3.8) is 0 Å². The van der Waals surface area contributed by atoms with Crippen LogP contribution in [-0.2, 0) is 4.74 Å². The Kier molecular flexibility index (Phi) is 6.86. The average Bonchev–Trinajstić information content (AvgIpc) is 3.01. The molecule has 6 heteroatoms. The molecule has 0 N–H and O–H groups in total. The SMILES string of the molecule is CC(C)(C)OC(=O)N1C2CCC1CC(COc1ccc(N3CCN(C(C)(C)C)CC3)cc1)C2. The molecule has 1 aromatic carbocycles. The van der Waals surface area contributed by atoms with Crippen LogP contribution < -0.4 is 9.64 Å². The van der Waals surface area contributed by atoms with Crippen LogP contribution >= 0.6 is 0 Å². The maximum atomic E-state index is 12.7. The van der Waals surface area contributed by atoms with Gasteiger partial charge in [0, 0.05) is 49.5 Å². The summed E-state index contributed by atoms with van der Waals surface area (Å²) in [6, 6.07) is 9.18. The summed E-state index contributed by atoms with van der Waals surface area (Å²) >= 11 is 0. The molecule has 0 saturated carbocycles. The predicted octanol–water partition coefficient (Wildman–Crippen LogP) is 5.16. The zero-order valence-corrected chi connectivity index (χ0v) is 21.5. The minimum Gasteiger partial charge on any atom is -0.493 e. The van der Waals surface area contributed by atoms with Crippen LogP contribution in [0, 0.1) is 5.92 Å². The number of hydrogen-bond donors (Lipinski definition) is 0. The molecule has 0 radical (unpaired) electrons. The van der Waals surface area contributed by atoms with Gasteiger partial charge in [0.05, 0.1) is 6.61 Å². The second-order valence-corrected chi connectivity index (χ2v) is 12.1. The van der Waals surface area contributed by atoms with Crippen molar-refractivity contribution in [2.45, 2.75) is 90.4 Å². The molecule has 3 saturated heterocycles. The lowest BCUT2D eigenvalue weighted by molar-refractivity contribution is -0.000963. The quantitative estimate of drug-likeness (QED) is 0.625. The number of rotatable bonds is 4. The van der Waals surface area contributed by atoms with Crippen molar-refractivity contribution in [1.29, 1.82) is 0 Å².